The SMILES string of the molecule is O=C(c1ccccc1Cl)N1C[C@@H](COc2ccc(Cl)cc2)CC1c1ccc(Cl)c(Cl)c1. The van der Waals surface area contributed by atoms with Crippen LogP contribution in [-0.2, 0) is 0 Å². The number of hydrogen-bond donors (Lipinski definition) is 0. The summed E-state index contributed by atoms with van der Waals surface area (Å²) in [6.07, 6.45) is 0.738. The van der Waals surface area contributed by atoms with Crippen LogP contribution in [0.1, 0.15) is 28.4 Å². The Bertz CT molecular complexity index is 1090. The Labute approximate surface area is 201 Å². The number of carbonyl (C=O) groups is 1. The highest BCUT2D eigenvalue weighted by Crippen LogP contribution is 2.39. The molecular weight excluding hydrogens is 476 g/mol. The first-order chi connectivity index (χ1) is 14.9. The molecule has 1 fully saturated rings. The lowest BCUT2D eigenvalue weighted by molar-refractivity contribution is 0.0729. The van der Waals surface area contributed by atoms with E-state index >= 15 is 0 Å². The van der Waals surface area contributed by atoms with Crippen molar-refractivity contribution in [3.63, 3.8) is 0 Å². The van der Waals surface area contributed by atoms with Crippen LogP contribution in [0.15, 0.2) is 66.7 Å². The van der Waals surface area contributed by atoms with Gasteiger partial charge in [0.25, 0.3) is 5.91 Å². The molecule has 1 heterocycles. The van der Waals surface area contributed by atoms with Crippen molar-refractivity contribution in [1.29, 1.82) is 0 Å². The van der Waals surface area contributed by atoms with Crippen molar-refractivity contribution in [2.45, 2.75) is 12.5 Å². The summed E-state index contributed by atoms with van der Waals surface area (Å²) in [6, 6.07) is 19.7. The van der Waals surface area contributed by atoms with Crippen LogP contribution in [0, 0.1) is 5.92 Å². The molecule has 0 radical (unpaired) electrons. The van der Waals surface area contributed by atoms with Crippen LogP contribution in [-0.4, -0.2) is 24.0 Å². The van der Waals surface area contributed by atoms with Crippen LogP contribution in [0.2, 0.25) is 20.1 Å². The molecule has 160 valence electrons. The van der Waals surface area contributed by atoms with Crippen LogP contribution in [0.5, 0.6) is 5.75 Å². The predicted molar refractivity (Wildman–Crippen MR) is 127 cm³/mol. The van der Waals surface area contributed by atoms with E-state index in [1.807, 2.05) is 41.3 Å². The molecule has 1 saturated heterocycles. The van der Waals surface area contributed by atoms with E-state index < -0.39 is 0 Å². The van der Waals surface area contributed by atoms with Gasteiger partial charge < -0.3 is 9.64 Å². The normalized spacial score (nSPS) is 18.3. The van der Waals surface area contributed by atoms with E-state index in [4.69, 9.17) is 51.1 Å². The Morgan fingerprint density at radius 1 is 0.903 bits per heavy atom. The molecule has 3 aromatic carbocycles. The first-order valence-electron chi connectivity index (χ1n) is 9.81. The van der Waals surface area contributed by atoms with E-state index in [1.165, 1.54) is 0 Å². The first kappa shape index (κ1) is 22.3. The second-order valence-electron chi connectivity index (χ2n) is 7.49. The summed E-state index contributed by atoms with van der Waals surface area (Å²) in [5.41, 5.74) is 1.41. The molecule has 7 heteroatoms. The lowest BCUT2D eigenvalue weighted by atomic mass is 10.00. The molecule has 0 aromatic heterocycles. The van der Waals surface area contributed by atoms with Gasteiger partial charge in [0.15, 0.2) is 0 Å². The highest BCUT2D eigenvalue weighted by atomic mass is 35.5. The van der Waals surface area contributed by atoms with E-state index in [0.29, 0.717) is 38.8 Å². The molecule has 1 unspecified atom stereocenters. The fourth-order valence-electron chi connectivity index (χ4n) is 3.84. The molecule has 1 aliphatic rings. The molecule has 0 aliphatic carbocycles. The summed E-state index contributed by atoms with van der Waals surface area (Å²) in [4.78, 5) is 15.2. The summed E-state index contributed by atoms with van der Waals surface area (Å²) in [5.74, 6) is 0.767. The molecule has 1 amide bonds. The summed E-state index contributed by atoms with van der Waals surface area (Å²) < 4.78 is 5.96. The standard InChI is InChI=1S/C24H19Cl4NO2/c25-17-6-8-18(9-7-17)31-14-15-11-23(16-5-10-21(27)22(28)12-16)29(13-15)24(30)19-3-1-2-4-20(19)26/h1-10,12,15,23H,11,13-14H2/t15-,23?/m0/s1. The monoisotopic (exact) mass is 493 g/mol. The highest BCUT2D eigenvalue weighted by molar-refractivity contribution is 6.42. The van der Waals surface area contributed by atoms with Gasteiger partial charge in [-0.05, 0) is 60.5 Å². The Morgan fingerprint density at radius 3 is 2.35 bits per heavy atom. The largest absolute Gasteiger partial charge is 0.493 e. The van der Waals surface area contributed by atoms with E-state index in [2.05, 4.69) is 0 Å². The van der Waals surface area contributed by atoms with Crippen LogP contribution >= 0.6 is 46.4 Å². The minimum Gasteiger partial charge on any atom is -0.493 e. The van der Waals surface area contributed by atoms with Gasteiger partial charge in [-0.3, -0.25) is 4.79 Å². The van der Waals surface area contributed by atoms with Gasteiger partial charge in [0.05, 0.1) is 33.3 Å². The van der Waals surface area contributed by atoms with Gasteiger partial charge in [0, 0.05) is 17.5 Å². The second kappa shape index (κ2) is 9.70. The fourth-order valence-corrected chi connectivity index (χ4v) is 4.49. The third-order valence-corrected chi connectivity index (χ3v) is 6.70. The lowest BCUT2D eigenvalue weighted by Gasteiger charge is -2.26. The molecule has 1 aliphatic heterocycles. The summed E-state index contributed by atoms with van der Waals surface area (Å²) in [6.45, 7) is 1.02. The third-order valence-electron chi connectivity index (χ3n) is 5.38. The molecule has 31 heavy (non-hydrogen) atoms. The maximum atomic E-state index is 13.4. The predicted octanol–water partition coefficient (Wildman–Crippen LogP) is 7.58. The number of hydrogen-bond acceptors (Lipinski definition) is 2. The number of halogens is 4. The zero-order valence-electron chi connectivity index (χ0n) is 16.4. The molecular formula is C24H19Cl4NO2. The summed E-state index contributed by atoms with van der Waals surface area (Å²) in [7, 11) is 0. The third kappa shape index (κ3) is 5.12. The maximum absolute atomic E-state index is 13.4. The quantitative estimate of drug-likeness (QED) is 0.365. The molecule has 0 bridgehead atoms. The molecule has 3 nitrogen and oxygen atoms in total. The van der Waals surface area contributed by atoms with Crippen LogP contribution in [0.3, 0.4) is 0 Å². The second-order valence-corrected chi connectivity index (χ2v) is 9.15. The van der Waals surface area contributed by atoms with E-state index in [1.54, 1.807) is 30.3 Å². The van der Waals surface area contributed by atoms with Crippen molar-refractivity contribution in [1.82, 2.24) is 4.90 Å². The Kier molecular flexibility index (Phi) is 6.98. The van der Waals surface area contributed by atoms with E-state index in [0.717, 1.165) is 17.7 Å². The zero-order chi connectivity index (χ0) is 22.0. The van der Waals surface area contributed by atoms with Crippen molar-refractivity contribution in [3.05, 3.63) is 97.9 Å². The number of benzene rings is 3. The Hall–Kier alpha value is -1.91. The van der Waals surface area contributed by atoms with E-state index in [-0.39, 0.29) is 17.9 Å². The van der Waals surface area contributed by atoms with Gasteiger partial charge in [-0.1, -0.05) is 64.6 Å². The van der Waals surface area contributed by atoms with Crippen molar-refractivity contribution in [2.24, 2.45) is 5.92 Å². The molecule has 0 saturated carbocycles. The average Bonchev–Trinajstić information content (AvgIpc) is 3.19. The highest BCUT2D eigenvalue weighted by Gasteiger charge is 2.37. The smallest absolute Gasteiger partial charge is 0.255 e. The van der Waals surface area contributed by atoms with Gasteiger partial charge in [0.2, 0.25) is 0 Å². The van der Waals surface area contributed by atoms with Gasteiger partial charge in [-0.25, -0.2) is 0 Å². The number of nitrogens with zero attached hydrogens (tertiary/aromatic N) is 1. The number of ether oxygens (including phenoxy) is 1. The first-order valence-corrected chi connectivity index (χ1v) is 11.3. The Morgan fingerprint density at radius 2 is 1.65 bits per heavy atom. The molecule has 0 spiro atoms. The maximum Gasteiger partial charge on any atom is 0.255 e. The van der Waals surface area contributed by atoms with Gasteiger partial charge in [-0.15, -0.1) is 0 Å². The fraction of sp³-hybridized carbons (Fsp3) is 0.208. The topological polar surface area (TPSA) is 29.5 Å². The van der Waals surface area contributed by atoms with Gasteiger partial charge in [0.1, 0.15) is 5.75 Å². The van der Waals surface area contributed by atoms with E-state index in [9.17, 15) is 4.79 Å². The van der Waals surface area contributed by atoms with Crippen molar-refractivity contribution in [3.8, 4) is 5.75 Å². The number of likely N-dealkylation sites (tertiary alicyclic amines) is 1. The number of amides is 1. The Balaban J connectivity index is 1.58. The van der Waals surface area contributed by atoms with Crippen LogP contribution < -0.4 is 4.74 Å². The molecule has 3 aromatic rings. The zero-order valence-corrected chi connectivity index (χ0v) is 19.4. The van der Waals surface area contributed by atoms with Gasteiger partial charge >= 0.3 is 0 Å². The minimum absolute atomic E-state index is 0.115. The van der Waals surface area contributed by atoms with Crippen molar-refractivity contribution >= 4 is 52.3 Å². The number of carbonyl (C=O) groups excluding carboxylic acids is 1. The summed E-state index contributed by atoms with van der Waals surface area (Å²) >= 11 is 24.6. The molecule has 0 N–H and O–H groups in total. The lowest BCUT2D eigenvalue weighted by Crippen LogP contribution is -2.32. The van der Waals surface area contributed by atoms with Crippen LogP contribution in [0.4, 0.5) is 0 Å². The number of rotatable bonds is 5. The van der Waals surface area contributed by atoms with Crippen molar-refractivity contribution < 1.29 is 9.53 Å². The van der Waals surface area contributed by atoms with Gasteiger partial charge in [-0.2, -0.15) is 0 Å². The molecule has 4 rings (SSSR count). The average molecular weight is 495 g/mol. The van der Waals surface area contributed by atoms with Crippen molar-refractivity contribution in [2.75, 3.05) is 13.2 Å². The summed E-state index contributed by atoms with van der Waals surface area (Å²) in [5, 5.41) is 2.03. The molecule has 2 atom stereocenters. The minimum atomic E-state index is -0.155. The van der Waals surface area contributed by atoms with Crippen LogP contribution in [0.25, 0.3) is 0 Å².